The molecule has 3 aromatic rings. The number of hydrogen-bond donors (Lipinski definition) is 0. The van der Waals surface area contributed by atoms with Gasteiger partial charge >= 0.3 is 0 Å². The zero-order chi connectivity index (χ0) is 13.2. The fourth-order valence-electron chi connectivity index (χ4n) is 1.73. The zero-order valence-electron chi connectivity index (χ0n) is 9.68. The number of rotatable bonds is 2. The van der Waals surface area contributed by atoms with Crippen molar-refractivity contribution in [1.82, 2.24) is 9.97 Å². The summed E-state index contributed by atoms with van der Waals surface area (Å²) in [6.07, 6.45) is 3.60. The van der Waals surface area contributed by atoms with Gasteiger partial charge < -0.3 is 0 Å². The molecular weight excluding hydrogens is 388 g/mol. The van der Waals surface area contributed by atoms with Crippen molar-refractivity contribution < 1.29 is 0 Å². The average Bonchev–Trinajstić information content (AvgIpc) is 2.89. The predicted octanol–water partition coefficient (Wildman–Crippen LogP) is 5.40. The molecule has 0 amide bonds. The average molecular weight is 396 g/mol. The normalized spacial score (nSPS) is 10.6. The number of halogens is 2. The molecular formula is C14H8Br2N2S. The van der Waals surface area contributed by atoms with E-state index in [0.717, 1.165) is 30.8 Å². The molecule has 0 saturated carbocycles. The van der Waals surface area contributed by atoms with Gasteiger partial charge in [-0.15, -0.1) is 11.3 Å². The van der Waals surface area contributed by atoms with Crippen molar-refractivity contribution in [2.75, 3.05) is 0 Å². The molecule has 94 valence electrons. The van der Waals surface area contributed by atoms with E-state index in [0.29, 0.717) is 0 Å². The van der Waals surface area contributed by atoms with E-state index in [4.69, 9.17) is 0 Å². The van der Waals surface area contributed by atoms with Crippen LogP contribution in [0.1, 0.15) is 0 Å². The third-order valence-electron chi connectivity index (χ3n) is 2.61. The first-order chi connectivity index (χ1) is 9.24. The minimum absolute atomic E-state index is 0.961. The van der Waals surface area contributed by atoms with Gasteiger partial charge in [0.25, 0.3) is 0 Å². The second-order valence-electron chi connectivity index (χ2n) is 3.91. The first kappa shape index (κ1) is 13.0. The molecule has 0 aliphatic heterocycles. The number of benzene rings is 1. The summed E-state index contributed by atoms with van der Waals surface area (Å²) in [5.41, 5.74) is 3.11. The van der Waals surface area contributed by atoms with Crippen molar-refractivity contribution in [2.45, 2.75) is 0 Å². The molecule has 5 heteroatoms. The maximum absolute atomic E-state index is 4.68. The Hall–Kier alpha value is -1.04. The highest BCUT2D eigenvalue weighted by atomic mass is 79.9. The smallest absolute Gasteiger partial charge is 0.125 e. The summed E-state index contributed by atoms with van der Waals surface area (Å²) in [5, 5.41) is 3.04. The molecule has 2 heterocycles. The van der Waals surface area contributed by atoms with Crippen LogP contribution >= 0.6 is 43.2 Å². The Bertz CT molecular complexity index is 725. The maximum atomic E-state index is 4.68. The highest BCUT2D eigenvalue weighted by Gasteiger charge is 2.09. The van der Waals surface area contributed by atoms with E-state index in [1.54, 1.807) is 17.5 Å². The van der Waals surface area contributed by atoms with Gasteiger partial charge in [-0.1, -0.05) is 34.1 Å². The van der Waals surface area contributed by atoms with Gasteiger partial charge in [-0.05, 0) is 28.1 Å². The van der Waals surface area contributed by atoms with E-state index < -0.39 is 0 Å². The summed E-state index contributed by atoms with van der Waals surface area (Å²) in [7, 11) is 0. The lowest BCUT2D eigenvalue weighted by atomic mass is 10.2. The van der Waals surface area contributed by atoms with Gasteiger partial charge in [0, 0.05) is 37.8 Å². The Morgan fingerprint density at radius 2 is 1.89 bits per heavy atom. The quantitative estimate of drug-likeness (QED) is 0.580. The molecule has 0 aliphatic carbocycles. The van der Waals surface area contributed by atoms with Gasteiger partial charge in [0.2, 0.25) is 0 Å². The molecule has 0 fully saturated rings. The second kappa shape index (κ2) is 5.53. The molecule has 0 saturated heterocycles. The van der Waals surface area contributed by atoms with Gasteiger partial charge in [-0.25, -0.2) is 4.98 Å². The van der Waals surface area contributed by atoms with Crippen molar-refractivity contribution in [3.05, 3.63) is 57.1 Å². The number of aromatic nitrogens is 2. The predicted molar refractivity (Wildman–Crippen MR) is 86.2 cm³/mol. The molecule has 2 nitrogen and oxygen atoms in total. The van der Waals surface area contributed by atoms with Crippen LogP contribution in [0.15, 0.2) is 57.1 Å². The van der Waals surface area contributed by atoms with Gasteiger partial charge in [0.1, 0.15) is 5.01 Å². The summed E-state index contributed by atoms with van der Waals surface area (Å²) >= 11 is 8.61. The Labute approximate surface area is 131 Å². The van der Waals surface area contributed by atoms with Crippen molar-refractivity contribution >= 4 is 43.2 Å². The van der Waals surface area contributed by atoms with Crippen LogP contribution in [0.4, 0.5) is 0 Å². The van der Waals surface area contributed by atoms with Crippen LogP contribution in [-0.2, 0) is 0 Å². The molecule has 2 aromatic heterocycles. The van der Waals surface area contributed by atoms with Crippen LogP contribution in [0.25, 0.3) is 21.8 Å². The van der Waals surface area contributed by atoms with Crippen LogP contribution in [0, 0.1) is 0 Å². The molecule has 3 rings (SSSR count). The molecule has 0 spiro atoms. The Morgan fingerprint density at radius 1 is 1.05 bits per heavy atom. The summed E-state index contributed by atoms with van der Waals surface area (Å²) in [5.74, 6) is 0. The largest absolute Gasteiger partial charge is 0.263 e. The third kappa shape index (κ3) is 2.78. The Morgan fingerprint density at radius 3 is 2.68 bits per heavy atom. The lowest BCUT2D eigenvalue weighted by molar-refractivity contribution is 1.29. The molecule has 0 N–H and O–H groups in total. The van der Waals surface area contributed by atoms with Crippen molar-refractivity contribution in [3.63, 3.8) is 0 Å². The first-order valence-corrected chi connectivity index (χ1v) is 8.02. The van der Waals surface area contributed by atoms with Crippen LogP contribution in [0.3, 0.4) is 0 Å². The summed E-state index contributed by atoms with van der Waals surface area (Å²) in [6, 6.07) is 10.1. The standard InChI is InChI=1S/C14H8Br2N2S/c15-10-5-9(6-17-7-10)14-18-13(8-19-14)11-3-1-2-4-12(11)16/h1-8H. The van der Waals surface area contributed by atoms with Crippen LogP contribution in [0.5, 0.6) is 0 Å². The maximum Gasteiger partial charge on any atom is 0.125 e. The Balaban J connectivity index is 2.03. The zero-order valence-corrected chi connectivity index (χ0v) is 13.7. The van der Waals surface area contributed by atoms with Gasteiger partial charge in [0.05, 0.1) is 5.69 Å². The first-order valence-electron chi connectivity index (χ1n) is 5.55. The van der Waals surface area contributed by atoms with Gasteiger partial charge in [-0.3, -0.25) is 4.98 Å². The molecule has 1 aromatic carbocycles. The lowest BCUT2D eigenvalue weighted by Crippen LogP contribution is -1.82. The number of thiazole rings is 1. The lowest BCUT2D eigenvalue weighted by Gasteiger charge is -1.99. The van der Waals surface area contributed by atoms with Crippen LogP contribution in [-0.4, -0.2) is 9.97 Å². The van der Waals surface area contributed by atoms with E-state index >= 15 is 0 Å². The number of hydrogen-bond acceptors (Lipinski definition) is 3. The minimum Gasteiger partial charge on any atom is -0.263 e. The SMILES string of the molecule is Brc1cncc(-c2nc(-c3ccccc3Br)cs2)c1. The number of pyridine rings is 1. The molecule has 0 aliphatic rings. The second-order valence-corrected chi connectivity index (χ2v) is 6.54. The van der Waals surface area contributed by atoms with Crippen molar-refractivity contribution in [2.24, 2.45) is 0 Å². The Kier molecular flexibility index (Phi) is 3.77. The topological polar surface area (TPSA) is 25.8 Å². The number of nitrogens with zero attached hydrogens (tertiary/aromatic N) is 2. The van der Waals surface area contributed by atoms with Crippen molar-refractivity contribution in [1.29, 1.82) is 0 Å². The van der Waals surface area contributed by atoms with E-state index in [1.807, 2.05) is 30.5 Å². The summed E-state index contributed by atoms with van der Waals surface area (Å²) < 4.78 is 2.02. The summed E-state index contributed by atoms with van der Waals surface area (Å²) in [6.45, 7) is 0. The highest BCUT2D eigenvalue weighted by molar-refractivity contribution is 9.10. The van der Waals surface area contributed by atoms with E-state index in [-0.39, 0.29) is 0 Å². The molecule has 0 bridgehead atoms. The molecule has 0 radical (unpaired) electrons. The molecule has 19 heavy (non-hydrogen) atoms. The van der Waals surface area contributed by atoms with E-state index in [2.05, 4.69) is 53.3 Å². The monoisotopic (exact) mass is 394 g/mol. The van der Waals surface area contributed by atoms with Crippen LogP contribution in [0.2, 0.25) is 0 Å². The van der Waals surface area contributed by atoms with E-state index in [9.17, 15) is 0 Å². The fraction of sp³-hybridized carbons (Fsp3) is 0. The van der Waals surface area contributed by atoms with Crippen molar-refractivity contribution in [3.8, 4) is 21.8 Å². The van der Waals surface area contributed by atoms with Gasteiger partial charge in [0.15, 0.2) is 0 Å². The highest BCUT2D eigenvalue weighted by Crippen LogP contribution is 2.32. The fourth-order valence-corrected chi connectivity index (χ4v) is 3.38. The van der Waals surface area contributed by atoms with E-state index in [1.165, 1.54) is 0 Å². The minimum atomic E-state index is 0.961. The third-order valence-corrected chi connectivity index (χ3v) is 4.62. The molecule has 0 atom stereocenters. The van der Waals surface area contributed by atoms with Gasteiger partial charge in [-0.2, -0.15) is 0 Å². The molecule has 0 unspecified atom stereocenters. The summed E-state index contributed by atoms with van der Waals surface area (Å²) in [4.78, 5) is 8.85. The van der Waals surface area contributed by atoms with Crippen LogP contribution < -0.4 is 0 Å².